The lowest BCUT2D eigenvalue weighted by Crippen LogP contribution is -2.54. The van der Waals surface area contributed by atoms with Crippen molar-refractivity contribution in [3.05, 3.63) is 53.3 Å². The summed E-state index contributed by atoms with van der Waals surface area (Å²) in [4.78, 5) is 18.4. The van der Waals surface area contributed by atoms with Gasteiger partial charge in [-0.2, -0.15) is 26.3 Å². The average Bonchev–Trinajstić information content (AvgIpc) is 3.27. The molecule has 0 aliphatic carbocycles. The van der Waals surface area contributed by atoms with E-state index in [0.717, 1.165) is 6.07 Å². The molecule has 2 aromatic rings. The normalized spacial score (nSPS) is 22.3. The molecule has 0 unspecified atom stereocenters. The van der Waals surface area contributed by atoms with Crippen LogP contribution in [0.5, 0.6) is 11.5 Å². The molecule has 7 nitrogen and oxygen atoms in total. The van der Waals surface area contributed by atoms with E-state index in [1.54, 1.807) is 0 Å². The van der Waals surface area contributed by atoms with Crippen molar-refractivity contribution in [3.63, 3.8) is 0 Å². The zero-order valence-electron chi connectivity index (χ0n) is 19.0. The summed E-state index contributed by atoms with van der Waals surface area (Å²) in [5.74, 6) is -0.279. The van der Waals surface area contributed by atoms with Crippen LogP contribution in [0.2, 0.25) is 0 Å². The Balaban J connectivity index is 1.49. The van der Waals surface area contributed by atoms with Crippen molar-refractivity contribution in [3.8, 4) is 11.5 Å². The number of ether oxygens (including phenoxy) is 4. The van der Waals surface area contributed by atoms with Crippen molar-refractivity contribution in [2.45, 2.75) is 36.9 Å². The maximum Gasteiger partial charge on any atom is 0.433 e. The van der Waals surface area contributed by atoms with Crippen LogP contribution in [0, 0.1) is 0 Å². The Kier molecular flexibility index (Phi) is 7.06. The first-order valence-corrected chi connectivity index (χ1v) is 10.9. The number of benzene rings is 1. The number of aromatic nitrogens is 1. The van der Waals surface area contributed by atoms with Crippen molar-refractivity contribution in [1.29, 1.82) is 0 Å². The quantitative estimate of drug-likeness (QED) is 0.521. The first kappa shape index (κ1) is 26.0. The number of likely N-dealkylation sites (tertiary alicyclic amines) is 1. The molecule has 13 heteroatoms. The van der Waals surface area contributed by atoms with Gasteiger partial charge in [0.15, 0.2) is 11.5 Å². The summed E-state index contributed by atoms with van der Waals surface area (Å²) in [5, 5.41) is 0. The van der Waals surface area contributed by atoms with E-state index in [4.69, 9.17) is 18.9 Å². The Hall–Kier alpha value is -3.06. The number of nitrogens with zero attached hydrogens (tertiary/aromatic N) is 2. The summed E-state index contributed by atoms with van der Waals surface area (Å²) >= 11 is 0. The van der Waals surface area contributed by atoms with Gasteiger partial charge in [-0.3, -0.25) is 4.79 Å². The van der Waals surface area contributed by atoms with Crippen LogP contribution >= 0.6 is 0 Å². The molecule has 2 fully saturated rings. The number of fused-ring (bicyclic) bond motifs is 1. The zero-order valence-corrected chi connectivity index (χ0v) is 19.0. The third kappa shape index (κ3) is 5.36. The van der Waals surface area contributed by atoms with Gasteiger partial charge in [0.25, 0.3) is 5.91 Å². The molecule has 0 radical (unpaired) electrons. The lowest BCUT2D eigenvalue weighted by atomic mass is 9.84. The molecule has 1 amide bonds. The smallest absolute Gasteiger partial charge is 0.433 e. The SMILES string of the molecule is COc1cc(C(=O)N2CC[C@]3(c4cccc(C(F)(F)F)n4)OCO[C@@H]3C2)ccc1OCCC(F)(F)F. The van der Waals surface area contributed by atoms with Crippen LogP contribution < -0.4 is 9.47 Å². The Morgan fingerprint density at radius 1 is 1.17 bits per heavy atom. The highest BCUT2D eigenvalue weighted by molar-refractivity contribution is 5.95. The summed E-state index contributed by atoms with van der Waals surface area (Å²) in [6.07, 6.45) is -10.7. The van der Waals surface area contributed by atoms with Crippen LogP contribution in [-0.2, 0) is 21.3 Å². The van der Waals surface area contributed by atoms with Gasteiger partial charge >= 0.3 is 12.4 Å². The average molecular weight is 520 g/mol. The predicted octanol–water partition coefficient (Wildman–Crippen LogP) is 4.55. The molecular weight excluding hydrogens is 498 g/mol. The van der Waals surface area contributed by atoms with E-state index in [9.17, 15) is 31.1 Å². The Labute approximate surface area is 201 Å². The summed E-state index contributed by atoms with van der Waals surface area (Å²) in [5.41, 5.74) is -2.01. The molecular formula is C23H22F6N2O5. The van der Waals surface area contributed by atoms with E-state index in [1.165, 1.54) is 42.3 Å². The van der Waals surface area contributed by atoms with E-state index < -0.39 is 48.7 Å². The van der Waals surface area contributed by atoms with Gasteiger partial charge in [-0.15, -0.1) is 0 Å². The fraction of sp³-hybridized carbons (Fsp3) is 0.478. The molecule has 2 aliphatic rings. The van der Waals surface area contributed by atoms with Gasteiger partial charge in [0, 0.05) is 18.5 Å². The number of rotatable bonds is 6. The van der Waals surface area contributed by atoms with Gasteiger partial charge in [0.1, 0.15) is 24.2 Å². The molecule has 2 atom stereocenters. The molecule has 36 heavy (non-hydrogen) atoms. The van der Waals surface area contributed by atoms with Gasteiger partial charge < -0.3 is 23.8 Å². The molecule has 2 saturated heterocycles. The first-order chi connectivity index (χ1) is 16.9. The second-order valence-electron chi connectivity index (χ2n) is 8.29. The number of piperidine rings is 1. The molecule has 2 aliphatic heterocycles. The number of methoxy groups -OCH3 is 1. The van der Waals surface area contributed by atoms with E-state index >= 15 is 0 Å². The number of amides is 1. The highest BCUT2D eigenvalue weighted by atomic mass is 19.4. The second-order valence-corrected chi connectivity index (χ2v) is 8.29. The zero-order chi connectivity index (χ0) is 26.1. The molecule has 1 aromatic heterocycles. The van der Waals surface area contributed by atoms with E-state index in [0.29, 0.717) is 0 Å². The van der Waals surface area contributed by atoms with Crippen LogP contribution in [0.4, 0.5) is 26.3 Å². The Morgan fingerprint density at radius 2 is 1.94 bits per heavy atom. The summed E-state index contributed by atoms with van der Waals surface area (Å²) in [7, 11) is 1.29. The van der Waals surface area contributed by atoms with Crippen molar-refractivity contribution in [2.24, 2.45) is 0 Å². The lowest BCUT2D eigenvalue weighted by Gasteiger charge is -2.41. The van der Waals surface area contributed by atoms with Crippen LogP contribution in [0.3, 0.4) is 0 Å². The number of hydrogen-bond acceptors (Lipinski definition) is 6. The first-order valence-electron chi connectivity index (χ1n) is 10.9. The van der Waals surface area contributed by atoms with Crippen molar-refractivity contribution >= 4 is 5.91 Å². The van der Waals surface area contributed by atoms with Gasteiger partial charge in [0.2, 0.25) is 0 Å². The molecule has 4 rings (SSSR count). The molecule has 0 N–H and O–H groups in total. The second kappa shape index (κ2) is 9.77. The summed E-state index contributed by atoms with van der Waals surface area (Å²) in [6, 6.07) is 7.66. The molecule has 1 aromatic carbocycles. The largest absolute Gasteiger partial charge is 0.493 e. The maximum absolute atomic E-state index is 13.2. The molecule has 3 heterocycles. The Bertz CT molecular complexity index is 1110. The fourth-order valence-corrected chi connectivity index (χ4v) is 4.23. The van der Waals surface area contributed by atoms with Gasteiger partial charge in [-0.25, -0.2) is 4.98 Å². The summed E-state index contributed by atoms with van der Waals surface area (Å²) < 4.78 is 98.4. The number of alkyl halides is 6. The molecule has 196 valence electrons. The van der Waals surface area contributed by atoms with Crippen molar-refractivity contribution in [2.75, 3.05) is 33.6 Å². The fourth-order valence-electron chi connectivity index (χ4n) is 4.23. The number of carbonyl (C=O) groups is 1. The van der Waals surface area contributed by atoms with Crippen LogP contribution in [0.1, 0.15) is 34.6 Å². The van der Waals surface area contributed by atoms with Gasteiger partial charge in [-0.1, -0.05) is 6.07 Å². The minimum absolute atomic E-state index is 0.0307. The maximum atomic E-state index is 13.2. The van der Waals surface area contributed by atoms with Crippen molar-refractivity contribution in [1.82, 2.24) is 9.88 Å². The molecule has 0 bridgehead atoms. The van der Waals surface area contributed by atoms with E-state index in [1.807, 2.05) is 0 Å². The number of hydrogen-bond donors (Lipinski definition) is 0. The highest BCUT2D eigenvalue weighted by Crippen LogP contribution is 2.43. The van der Waals surface area contributed by atoms with Gasteiger partial charge in [0.05, 0.1) is 32.4 Å². The summed E-state index contributed by atoms with van der Waals surface area (Å²) in [6.45, 7) is -0.599. The molecule has 0 saturated carbocycles. The lowest BCUT2D eigenvalue weighted by molar-refractivity contribution is -0.142. The standard InChI is InChI=1S/C23H22F6N2O5/c1-33-16-11-14(5-6-15(16)34-10-8-22(24,25)26)20(32)31-9-7-21(19(12-31)35-13-36-21)17-3-2-4-18(30-17)23(27,28)29/h2-6,11,19H,7-10,12-13H2,1H3/t19-,21-/m1/s1. The Morgan fingerprint density at radius 3 is 2.64 bits per heavy atom. The van der Waals surface area contributed by atoms with Crippen LogP contribution in [0.25, 0.3) is 0 Å². The molecule has 0 spiro atoms. The van der Waals surface area contributed by atoms with Gasteiger partial charge in [-0.05, 0) is 30.3 Å². The van der Waals surface area contributed by atoms with Crippen LogP contribution in [0.15, 0.2) is 36.4 Å². The highest BCUT2D eigenvalue weighted by Gasteiger charge is 2.52. The number of halogens is 6. The number of pyridine rings is 1. The topological polar surface area (TPSA) is 70.1 Å². The van der Waals surface area contributed by atoms with E-state index in [2.05, 4.69) is 4.98 Å². The minimum atomic E-state index is -4.63. The monoisotopic (exact) mass is 520 g/mol. The minimum Gasteiger partial charge on any atom is -0.493 e. The third-order valence-electron chi connectivity index (χ3n) is 6.06. The number of carbonyl (C=O) groups excluding carboxylic acids is 1. The third-order valence-corrected chi connectivity index (χ3v) is 6.06. The predicted molar refractivity (Wildman–Crippen MR) is 111 cm³/mol. The van der Waals surface area contributed by atoms with Crippen LogP contribution in [-0.4, -0.2) is 61.7 Å². The van der Waals surface area contributed by atoms with Crippen molar-refractivity contribution < 1.29 is 50.1 Å². The van der Waals surface area contributed by atoms with E-state index in [-0.39, 0.29) is 49.1 Å².